The molecule has 3 aliphatic heterocycles. The van der Waals surface area contributed by atoms with E-state index in [0.717, 1.165) is 77.7 Å². The number of hydrogen-bond donors (Lipinski definition) is 2. The molecule has 3 saturated heterocycles. The minimum atomic E-state index is -2.71. The number of fused-ring (bicyclic) bond motifs is 2. The number of nitrogens with one attached hydrogen (secondary N) is 2. The molecule has 4 fully saturated rings. The molecule has 7 rings (SSSR count). The highest BCUT2D eigenvalue weighted by Gasteiger charge is 2.78. The number of anilines is 1. The number of piperidine rings is 3. The molecule has 13 heteroatoms. The van der Waals surface area contributed by atoms with Crippen LogP contribution in [0.4, 0.5) is 14.5 Å². The van der Waals surface area contributed by atoms with Gasteiger partial charge in [0, 0.05) is 80.3 Å². The van der Waals surface area contributed by atoms with E-state index in [1.807, 2.05) is 14.5 Å². The Labute approximate surface area is 274 Å². The zero-order valence-corrected chi connectivity index (χ0v) is 27.6. The van der Waals surface area contributed by atoms with E-state index in [2.05, 4.69) is 32.4 Å². The smallest absolute Gasteiger partial charge is 0.276 e. The van der Waals surface area contributed by atoms with Gasteiger partial charge in [-0.15, -0.1) is 0 Å². The van der Waals surface area contributed by atoms with Crippen molar-refractivity contribution in [1.29, 1.82) is 0 Å². The molecule has 2 N–H and O–H groups in total. The van der Waals surface area contributed by atoms with Crippen LogP contribution in [-0.2, 0) is 22.4 Å². The number of likely N-dealkylation sites (tertiary alicyclic amines) is 3. The number of rotatable bonds is 8. The third-order valence-electron chi connectivity index (χ3n) is 11.9. The molecule has 47 heavy (non-hydrogen) atoms. The van der Waals surface area contributed by atoms with Gasteiger partial charge in [0.1, 0.15) is 0 Å². The average Bonchev–Trinajstić information content (AvgIpc) is 3.50. The first-order valence-electron chi connectivity index (χ1n) is 17.7. The van der Waals surface area contributed by atoms with Gasteiger partial charge in [-0.05, 0) is 70.4 Å². The Morgan fingerprint density at radius 3 is 2.40 bits per heavy atom. The van der Waals surface area contributed by atoms with Gasteiger partial charge in [0.2, 0.25) is 11.8 Å². The number of H-pyrrole nitrogens is 1. The summed E-state index contributed by atoms with van der Waals surface area (Å²) in [5.74, 6) is -2.61. The van der Waals surface area contributed by atoms with Crippen molar-refractivity contribution in [2.24, 2.45) is 23.2 Å². The second-order valence-corrected chi connectivity index (χ2v) is 14.9. The lowest BCUT2D eigenvalue weighted by molar-refractivity contribution is -0.138. The van der Waals surface area contributed by atoms with Crippen molar-refractivity contribution in [3.8, 4) is 0 Å². The van der Waals surface area contributed by atoms with Gasteiger partial charge in [0.05, 0.1) is 17.9 Å². The number of carbonyl (C=O) groups is 3. The van der Waals surface area contributed by atoms with Gasteiger partial charge in [-0.1, -0.05) is 13.8 Å². The molecule has 2 aliphatic carbocycles. The molecule has 2 aromatic heterocycles. The Bertz CT molecular complexity index is 1480. The summed E-state index contributed by atoms with van der Waals surface area (Å²) in [6, 6.07) is 0.128. The zero-order chi connectivity index (χ0) is 32.9. The first-order valence-corrected chi connectivity index (χ1v) is 17.7. The molecule has 0 aromatic carbocycles. The fraction of sp³-hybridized carbons (Fsp3) is 0.735. The topological polar surface area (TPSA) is 119 Å². The Balaban J connectivity index is 0.839. The lowest BCUT2D eigenvalue weighted by Gasteiger charge is -2.39. The highest BCUT2D eigenvalue weighted by Crippen LogP contribution is 2.70. The fourth-order valence-electron chi connectivity index (χ4n) is 8.66. The predicted molar refractivity (Wildman–Crippen MR) is 171 cm³/mol. The Morgan fingerprint density at radius 2 is 1.70 bits per heavy atom. The first-order chi connectivity index (χ1) is 22.6. The molecule has 0 radical (unpaired) electrons. The van der Waals surface area contributed by atoms with Gasteiger partial charge in [-0.2, -0.15) is 10.2 Å². The van der Waals surface area contributed by atoms with Crippen molar-refractivity contribution >= 4 is 23.4 Å². The minimum Gasteiger partial charge on any atom is -0.343 e. The molecule has 5 heterocycles. The summed E-state index contributed by atoms with van der Waals surface area (Å²) in [5, 5.41) is 14.3. The summed E-state index contributed by atoms with van der Waals surface area (Å²) in [6.07, 6.45) is 10.8. The van der Waals surface area contributed by atoms with E-state index in [9.17, 15) is 23.2 Å². The summed E-state index contributed by atoms with van der Waals surface area (Å²) >= 11 is 0. The van der Waals surface area contributed by atoms with Crippen LogP contribution in [0, 0.1) is 23.2 Å². The highest BCUT2D eigenvalue weighted by molar-refractivity contribution is 6.04. The van der Waals surface area contributed by atoms with E-state index < -0.39 is 23.2 Å². The van der Waals surface area contributed by atoms with E-state index in [4.69, 9.17) is 0 Å². The highest BCUT2D eigenvalue weighted by atomic mass is 19.3. The quantitative estimate of drug-likeness (QED) is 0.442. The maximum Gasteiger partial charge on any atom is 0.276 e. The number of hydrogen-bond acceptors (Lipinski definition) is 6. The predicted octanol–water partition coefficient (Wildman–Crippen LogP) is 4.14. The third-order valence-corrected chi connectivity index (χ3v) is 11.9. The van der Waals surface area contributed by atoms with Crippen LogP contribution < -0.4 is 5.32 Å². The van der Waals surface area contributed by atoms with E-state index in [1.54, 1.807) is 19.3 Å². The molecule has 5 aliphatic rings. The first kappa shape index (κ1) is 32.2. The second kappa shape index (κ2) is 12.6. The van der Waals surface area contributed by atoms with Crippen molar-refractivity contribution in [1.82, 2.24) is 34.7 Å². The molecule has 11 nitrogen and oxygen atoms in total. The van der Waals surface area contributed by atoms with Crippen LogP contribution in [0.1, 0.15) is 93.0 Å². The van der Waals surface area contributed by atoms with Crippen LogP contribution in [-0.4, -0.2) is 104 Å². The Morgan fingerprint density at radius 1 is 1.00 bits per heavy atom. The van der Waals surface area contributed by atoms with Gasteiger partial charge in [0.15, 0.2) is 5.69 Å². The molecule has 2 atom stereocenters. The normalized spacial score (nSPS) is 26.9. The van der Waals surface area contributed by atoms with Crippen LogP contribution in [0.5, 0.6) is 0 Å². The molecule has 2 unspecified atom stereocenters. The van der Waals surface area contributed by atoms with Crippen LogP contribution >= 0.6 is 0 Å². The van der Waals surface area contributed by atoms with Crippen LogP contribution in [0.2, 0.25) is 0 Å². The van der Waals surface area contributed by atoms with Crippen molar-refractivity contribution in [2.75, 3.05) is 51.1 Å². The molecule has 256 valence electrons. The largest absolute Gasteiger partial charge is 0.343 e. The molecule has 0 bridgehead atoms. The van der Waals surface area contributed by atoms with E-state index in [1.165, 1.54) is 0 Å². The van der Waals surface area contributed by atoms with E-state index in [0.29, 0.717) is 48.3 Å². The van der Waals surface area contributed by atoms with Gasteiger partial charge in [-0.25, -0.2) is 8.78 Å². The van der Waals surface area contributed by atoms with Crippen molar-refractivity contribution in [3.63, 3.8) is 0 Å². The Hall–Kier alpha value is -3.35. The van der Waals surface area contributed by atoms with Crippen molar-refractivity contribution in [2.45, 2.75) is 90.0 Å². The molecule has 3 amide bonds. The van der Waals surface area contributed by atoms with E-state index in [-0.39, 0.29) is 36.4 Å². The van der Waals surface area contributed by atoms with Crippen LogP contribution in [0.25, 0.3) is 0 Å². The molecule has 2 aromatic rings. The maximum absolute atomic E-state index is 14.3. The molecular formula is C34H48F2N8O3. The number of carbonyl (C=O) groups excluding carboxylic acids is 3. The van der Waals surface area contributed by atoms with Crippen molar-refractivity contribution < 1.29 is 23.2 Å². The summed E-state index contributed by atoms with van der Waals surface area (Å²) in [7, 11) is 0. The third kappa shape index (κ3) is 6.08. The molecule has 0 spiro atoms. The number of aromatic amines is 1. The van der Waals surface area contributed by atoms with Crippen LogP contribution in [0.3, 0.4) is 0 Å². The number of halogens is 2. The van der Waals surface area contributed by atoms with E-state index >= 15 is 0 Å². The summed E-state index contributed by atoms with van der Waals surface area (Å²) in [4.78, 5) is 45.2. The van der Waals surface area contributed by atoms with Gasteiger partial charge >= 0.3 is 0 Å². The summed E-state index contributed by atoms with van der Waals surface area (Å²) < 4.78 is 30.5. The zero-order valence-electron chi connectivity index (χ0n) is 27.6. The molecular weight excluding hydrogens is 606 g/mol. The van der Waals surface area contributed by atoms with Gasteiger partial charge in [-0.3, -0.25) is 24.2 Å². The SMILES string of the molecule is CCCC(=O)N1CCC(CN2CCC(C(=O)N3CCC(n4cc(NC(=O)c5n[nH]c6c5CC5C(F)(F)C5(C)C6)cn4)CC3)CC2)CC1. The minimum absolute atomic E-state index is 0.0792. The Kier molecular flexibility index (Phi) is 8.63. The standard InChI is InChI=1S/C34H48F2N8O3/c1-3-4-29(45)42-13-5-22(6-14-42)20-41-11-7-23(8-12-41)32(47)43-15-9-25(10-16-43)44-21-24(19-37-44)38-31(46)30-26-17-28-33(2,34(28,35)36)18-27(26)39-40-30/h19,21-23,25,28H,3-18,20H2,1-2H3,(H,38,46)(H,39,40). The van der Waals surface area contributed by atoms with Crippen LogP contribution in [0.15, 0.2) is 12.4 Å². The van der Waals surface area contributed by atoms with Crippen molar-refractivity contribution in [3.05, 3.63) is 29.3 Å². The maximum atomic E-state index is 14.3. The summed E-state index contributed by atoms with van der Waals surface area (Å²) in [5.41, 5.74) is 0.882. The lowest BCUT2D eigenvalue weighted by Crippen LogP contribution is -2.47. The molecule has 1 saturated carbocycles. The number of nitrogens with zero attached hydrogens (tertiary/aromatic N) is 6. The number of amides is 3. The van der Waals surface area contributed by atoms with Gasteiger partial charge in [0.25, 0.3) is 11.8 Å². The number of aromatic nitrogens is 4. The summed E-state index contributed by atoms with van der Waals surface area (Å²) in [6.45, 7) is 9.76. The average molecular weight is 655 g/mol. The monoisotopic (exact) mass is 654 g/mol. The number of alkyl halides is 2. The second-order valence-electron chi connectivity index (χ2n) is 14.9. The fourth-order valence-corrected chi connectivity index (χ4v) is 8.66. The van der Waals surface area contributed by atoms with Gasteiger partial charge < -0.3 is 20.0 Å². The lowest BCUT2D eigenvalue weighted by atomic mass is 9.87.